The first-order chi connectivity index (χ1) is 12.7. The Morgan fingerprint density at radius 2 is 1.96 bits per heavy atom. The van der Waals surface area contributed by atoms with Gasteiger partial charge in [-0.1, -0.05) is 32.1 Å². The van der Waals surface area contributed by atoms with Gasteiger partial charge < -0.3 is 10.2 Å². The van der Waals surface area contributed by atoms with Crippen LogP contribution in [0.2, 0.25) is 0 Å². The highest BCUT2D eigenvalue weighted by atomic mass is 16.2. The Bertz CT molecular complexity index is 665. The van der Waals surface area contributed by atoms with Crippen LogP contribution in [0.15, 0.2) is 18.2 Å². The van der Waals surface area contributed by atoms with Crippen molar-refractivity contribution in [1.29, 1.82) is 0 Å². The first kappa shape index (κ1) is 18.6. The highest BCUT2D eigenvalue weighted by molar-refractivity contribution is 5.97. The first-order valence-corrected chi connectivity index (χ1v) is 9.82. The molecule has 0 aromatic heterocycles. The number of carbonyl (C=O) groups is 3. The number of fused-ring (bicyclic) bond motifs is 1. The number of benzene rings is 1. The lowest BCUT2D eigenvalue weighted by Crippen LogP contribution is -2.26. The molecule has 0 spiro atoms. The second-order valence-electron chi connectivity index (χ2n) is 7.46. The number of Topliss-reactive ketones (excluding diaryl/α,β-unsaturated/α-hetero) is 1. The lowest BCUT2D eigenvalue weighted by Gasteiger charge is -2.20. The van der Waals surface area contributed by atoms with Crippen molar-refractivity contribution in [1.82, 2.24) is 5.32 Å². The van der Waals surface area contributed by atoms with E-state index >= 15 is 0 Å². The van der Waals surface area contributed by atoms with E-state index in [0.717, 1.165) is 30.5 Å². The molecule has 0 saturated heterocycles. The average molecular weight is 356 g/mol. The van der Waals surface area contributed by atoms with E-state index in [4.69, 9.17) is 0 Å². The molecular formula is C21H28N2O3. The van der Waals surface area contributed by atoms with Crippen LogP contribution in [0.25, 0.3) is 0 Å². The molecule has 2 amide bonds. The van der Waals surface area contributed by atoms with Gasteiger partial charge in [0, 0.05) is 37.2 Å². The van der Waals surface area contributed by atoms with Crippen LogP contribution in [0.3, 0.4) is 0 Å². The zero-order chi connectivity index (χ0) is 18.4. The molecule has 1 saturated carbocycles. The van der Waals surface area contributed by atoms with Crippen molar-refractivity contribution in [3.8, 4) is 0 Å². The van der Waals surface area contributed by atoms with Crippen molar-refractivity contribution < 1.29 is 14.4 Å². The fraction of sp³-hybridized carbons (Fsp3) is 0.571. The van der Waals surface area contributed by atoms with Crippen LogP contribution in [0.4, 0.5) is 5.69 Å². The molecule has 1 heterocycles. The Morgan fingerprint density at radius 3 is 2.73 bits per heavy atom. The molecule has 5 nitrogen and oxygen atoms in total. The van der Waals surface area contributed by atoms with E-state index < -0.39 is 0 Å². The Kier molecular flexibility index (Phi) is 6.42. The number of carbonyl (C=O) groups excluding carboxylic acids is 3. The van der Waals surface area contributed by atoms with Crippen molar-refractivity contribution in [2.75, 3.05) is 18.0 Å². The summed E-state index contributed by atoms with van der Waals surface area (Å²) < 4.78 is 0. The van der Waals surface area contributed by atoms with Crippen LogP contribution < -0.4 is 10.2 Å². The van der Waals surface area contributed by atoms with Crippen molar-refractivity contribution >= 4 is 23.8 Å². The minimum absolute atomic E-state index is 0.0323. The first-order valence-electron chi connectivity index (χ1n) is 9.82. The van der Waals surface area contributed by atoms with Gasteiger partial charge in [0.2, 0.25) is 12.3 Å². The van der Waals surface area contributed by atoms with Gasteiger partial charge in [-0.25, -0.2) is 0 Å². The Balaban J connectivity index is 1.40. The number of nitrogens with one attached hydrogen (secondary N) is 1. The van der Waals surface area contributed by atoms with Gasteiger partial charge in [0.15, 0.2) is 5.78 Å². The Hall–Kier alpha value is -2.17. The minimum Gasteiger partial charge on any atom is -0.356 e. The third kappa shape index (κ3) is 4.71. The van der Waals surface area contributed by atoms with Crippen LogP contribution in [0, 0.1) is 5.92 Å². The van der Waals surface area contributed by atoms with E-state index in [0.29, 0.717) is 37.4 Å². The third-order valence-electron chi connectivity index (χ3n) is 5.64. The molecule has 1 fully saturated rings. The fourth-order valence-electron chi connectivity index (χ4n) is 4.07. The lowest BCUT2D eigenvalue weighted by atomic mass is 9.86. The lowest BCUT2D eigenvalue weighted by molar-refractivity contribution is -0.121. The van der Waals surface area contributed by atoms with Crippen LogP contribution in [-0.4, -0.2) is 31.2 Å². The fourth-order valence-corrected chi connectivity index (χ4v) is 4.07. The number of ketones is 1. The molecule has 0 atom stereocenters. The van der Waals surface area contributed by atoms with Crippen molar-refractivity contribution in [2.24, 2.45) is 5.92 Å². The van der Waals surface area contributed by atoms with Gasteiger partial charge >= 0.3 is 0 Å². The third-order valence-corrected chi connectivity index (χ3v) is 5.64. The molecule has 1 N–H and O–H groups in total. The minimum atomic E-state index is 0.0323. The number of hydrogen-bond donors (Lipinski definition) is 1. The second kappa shape index (κ2) is 8.97. The number of amides is 2. The summed E-state index contributed by atoms with van der Waals surface area (Å²) in [5.74, 6) is 0.789. The van der Waals surface area contributed by atoms with Gasteiger partial charge in [0.05, 0.1) is 0 Å². The monoisotopic (exact) mass is 356 g/mol. The van der Waals surface area contributed by atoms with Crippen LogP contribution >= 0.6 is 0 Å². The maximum Gasteiger partial charge on any atom is 0.220 e. The molecule has 1 aromatic carbocycles. The van der Waals surface area contributed by atoms with Gasteiger partial charge in [-0.2, -0.15) is 0 Å². The summed E-state index contributed by atoms with van der Waals surface area (Å²) in [4.78, 5) is 36.9. The average Bonchev–Trinajstić information content (AvgIpc) is 3.09. The summed E-state index contributed by atoms with van der Waals surface area (Å²) in [5, 5.41) is 2.88. The maximum atomic E-state index is 12.3. The normalized spacial score (nSPS) is 17.0. The van der Waals surface area contributed by atoms with Gasteiger partial charge in [0.25, 0.3) is 0 Å². The number of hydrogen-bond acceptors (Lipinski definition) is 3. The molecular weight excluding hydrogens is 328 g/mol. The van der Waals surface area contributed by atoms with Crippen LogP contribution in [0.5, 0.6) is 0 Å². The summed E-state index contributed by atoms with van der Waals surface area (Å²) in [6.07, 6.45) is 9.90. The van der Waals surface area contributed by atoms with E-state index in [9.17, 15) is 14.4 Å². The van der Waals surface area contributed by atoms with Gasteiger partial charge in [-0.3, -0.25) is 14.4 Å². The predicted molar refractivity (Wildman–Crippen MR) is 101 cm³/mol. The molecule has 0 radical (unpaired) electrons. The molecule has 2 aliphatic rings. The summed E-state index contributed by atoms with van der Waals surface area (Å²) in [5.41, 5.74) is 2.60. The summed E-state index contributed by atoms with van der Waals surface area (Å²) in [6, 6.07) is 5.49. The SMILES string of the molecule is O=CN1CCc2cc(C(=O)CCNC(=O)CCC3CCCCC3)ccc21. The largest absolute Gasteiger partial charge is 0.356 e. The van der Waals surface area contributed by atoms with E-state index in [1.165, 1.54) is 32.1 Å². The van der Waals surface area contributed by atoms with Gasteiger partial charge in [-0.05, 0) is 42.5 Å². The summed E-state index contributed by atoms with van der Waals surface area (Å²) >= 11 is 0. The zero-order valence-corrected chi connectivity index (χ0v) is 15.3. The summed E-state index contributed by atoms with van der Waals surface area (Å²) in [7, 11) is 0. The van der Waals surface area contributed by atoms with Crippen molar-refractivity contribution in [3.63, 3.8) is 0 Å². The molecule has 5 heteroatoms. The zero-order valence-electron chi connectivity index (χ0n) is 15.3. The topological polar surface area (TPSA) is 66.5 Å². The predicted octanol–water partition coefficient (Wildman–Crippen LogP) is 3.26. The molecule has 26 heavy (non-hydrogen) atoms. The van der Waals surface area contributed by atoms with Gasteiger partial charge in [0.1, 0.15) is 0 Å². The quantitative estimate of drug-likeness (QED) is 0.574. The van der Waals surface area contributed by atoms with E-state index in [1.807, 2.05) is 12.1 Å². The highest BCUT2D eigenvalue weighted by Gasteiger charge is 2.20. The highest BCUT2D eigenvalue weighted by Crippen LogP contribution is 2.28. The second-order valence-corrected chi connectivity index (χ2v) is 7.46. The van der Waals surface area contributed by atoms with E-state index in [1.54, 1.807) is 11.0 Å². The molecule has 0 unspecified atom stereocenters. The summed E-state index contributed by atoms with van der Waals surface area (Å²) in [6.45, 7) is 1.06. The molecule has 1 aliphatic carbocycles. The van der Waals surface area contributed by atoms with Crippen molar-refractivity contribution in [3.05, 3.63) is 29.3 Å². The molecule has 0 bridgehead atoms. The number of nitrogens with zero attached hydrogens (tertiary/aromatic N) is 1. The Labute approximate surface area is 155 Å². The van der Waals surface area contributed by atoms with Crippen molar-refractivity contribution in [2.45, 2.75) is 57.8 Å². The Morgan fingerprint density at radius 1 is 1.15 bits per heavy atom. The number of rotatable bonds is 8. The maximum absolute atomic E-state index is 12.3. The molecule has 1 aliphatic heterocycles. The van der Waals surface area contributed by atoms with E-state index in [2.05, 4.69) is 5.32 Å². The smallest absolute Gasteiger partial charge is 0.220 e. The molecule has 1 aromatic rings. The standard InChI is InChI=1S/C21H28N2O3/c24-15-23-13-11-17-14-18(7-8-19(17)23)20(25)10-12-22-21(26)9-6-16-4-2-1-3-5-16/h7-8,14-16H,1-6,9-13H2,(H,22,26). The van der Waals surface area contributed by atoms with E-state index in [-0.39, 0.29) is 11.7 Å². The molecule has 3 rings (SSSR count). The molecule has 140 valence electrons. The van der Waals surface area contributed by atoms with Crippen LogP contribution in [-0.2, 0) is 16.0 Å². The number of anilines is 1. The van der Waals surface area contributed by atoms with Crippen LogP contribution in [0.1, 0.15) is 67.3 Å². The van der Waals surface area contributed by atoms with Gasteiger partial charge in [-0.15, -0.1) is 0 Å².